The van der Waals surface area contributed by atoms with E-state index >= 15 is 0 Å². The summed E-state index contributed by atoms with van der Waals surface area (Å²) in [6, 6.07) is 9.43. The van der Waals surface area contributed by atoms with E-state index in [4.69, 9.17) is 4.42 Å². The first kappa shape index (κ1) is 15.4. The quantitative estimate of drug-likeness (QED) is 0.870. The van der Waals surface area contributed by atoms with Gasteiger partial charge in [0.15, 0.2) is 5.76 Å². The van der Waals surface area contributed by atoms with Gasteiger partial charge in [0.2, 0.25) is 5.91 Å². The van der Waals surface area contributed by atoms with E-state index in [0.29, 0.717) is 30.6 Å². The zero-order chi connectivity index (χ0) is 17.4. The third kappa shape index (κ3) is 2.77. The molecule has 0 radical (unpaired) electrons. The minimum Gasteiger partial charge on any atom is -0.459 e. The second-order valence-corrected chi connectivity index (χ2v) is 6.22. The van der Waals surface area contributed by atoms with Crippen molar-refractivity contribution in [3.63, 3.8) is 0 Å². The largest absolute Gasteiger partial charge is 0.459 e. The van der Waals surface area contributed by atoms with Gasteiger partial charge in [0.05, 0.1) is 17.5 Å². The maximum absolute atomic E-state index is 12.8. The van der Waals surface area contributed by atoms with Gasteiger partial charge in [-0.3, -0.25) is 14.4 Å². The van der Waals surface area contributed by atoms with E-state index in [9.17, 15) is 14.4 Å². The highest BCUT2D eigenvalue weighted by molar-refractivity contribution is 6.10. The first-order valence-corrected chi connectivity index (χ1v) is 8.19. The van der Waals surface area contributed by atoms with Crippen LogP contribution in [0.4, 0.5) is 5.69 Å². The summed E-state index contributed by atoms with van der Waals surface area (Å²) in [7, 11) is 0. The van der Waals surface area contributed by atoms with Crippen molar-refractivity contribution in [3.05, 3.63) is 54.0 Å². The Kier molecular flexibility index (Phi) is 3.76. The Hall–Kier alpha value is -3.09. The van der Waals surface area contributed by atoms with Crippen molar-refractivity contribution in [2.75, 3.05) is 11.9 Å². The highest BCUT2D eigenvalue weighted by Crippen LogP contribution is 2.28. The van der Waals surface area contributed by atoms with Crippen molar-refractivity contribution >= 4 is 23.4 Å². The van der Waals surface area contributed by atoms with E-state index < -0.39 is 6.04 Å². The molecular formula is C18H17N3O4. The van der Waals surface area contributed by atoms with Gasteiger partial charge in [-0.2, -0.15) is 0 Å². The lowest BCUT2D eigenvalue weighted by Gasteiger charge is -2.37. The molecule has 3 amide bonds. The summed E-state index contributed by atoms with van der Waals surface area (Å²) >= 11 is 0. The van der Waals surface area contributed by atoms with Crippen LogP contribution in [0.3, 0.4) is 0 Å². The number of fused-ring (bicyclic) bond motifs is 2. The average molecular weight is 339 g/mol. The molecule has 2 atom stereocenters. The van der Waals surface area contributed by atoms with E-state index in [1.54, 1.807) is 41.3 Å². The lowest BCUT2D eigenvalue weighted by molar-refractivity contribution is -0.121. The number of carbonyl (C=O) groups is 3. The van der Waals surface area contributed by atoms with Gasteiger partial charge in [-0.05, 0) is 37.1 Å². The number of anilines is 1. The summed E-state index contributed by atoms with van der Waals surface area (Å²) in [5.41, 5.74) is 1.03. The normalized spacial score (nSPS) is 22.5. The van der Waals surface area contributed by atoms with Crippen LogP contribution in [-0.4, -0.2) is 41.2 Å². The predicted molar refractivity (Wildman–Crippen MR) is 89.1 cm³/mol. The van der Waals surface area contributed by atoms with Gasteiger partial charge >= 0.3 is 0 Å². The van der Waals surface area contributed by atoms with Gasteiger partial charge in [-0.25, -0.2) is 0 Å². The molecule has 128 valence electrons. The fraction of sp³-hybridized carbons (Fsp3) is 0.278. The number of carbonyl (C=O) groups excluding carboxylic acids is 3. The zero-order valence-electron chi connectivity index (χ0n) is 13.4. The second kappa shape index (κ2) is 6.08. The zero-order valence-corrected chi connectivity index (χ0v) is 13.4. The Bertz CT molecular complexity index is 831. The summed E-state index contributed by atoms with van der Waals surface area (Å²) in [6.07, 6.45) is 2.40. The molecule has 25 heavy (non-hydrogen) atoms. The highest BCUT2D eigenvalue weighted by atomic mass is 16.3. The van der Waals surface area contributed by atoms with Crippen LogP contribution in [0, 0.1) is 0 Å². The van der Waals surface area contributed by atoms with Gasteiger partial charge in [0.1, 0.15) is 6.04 Å². The van der Waals surface area contributed by atoms with Crippen LogP contribution in [0.25, 0.3) is 0 Å². The Morgan fingerprint density at radius 3 is 2.84 bits per heavy atom. The van der Waals surface area contributed by atoms with E-state index in [-0.39, 0.29) is 29.5 Å². The number of hydrogen-bond donors (Lipinski definition) is 2. The van der Waals surface area contributed by atoms with Crippen LogP contribution in [-0.2, 0) is 4.79 Å². The fourth-order valence-corrected chi connectivity index (χ4v) is 3.40. The van der Waals surface area contributed by atoms with Gasteiger partial charge < -0.3 is 20.0 Å². The number of hydrogen-bond acceptors (Lipinski definition) is 4. The number of para-hydroxylation sites is 1. The maximum Gasteiger partial charge on any atom is 0.287 e. The minimum absolute atomic E-state index is 0.158. The van der Waals surface area contributed by atoms with Crippen LogP contribution in [0.5, 0.6) is 0 Å². The smallest absolute Gasteiger partial charge is 0.287 e. The van der Waals surface area contributed by atoms with Crippen molar-refractivity contribution < 1.29 is 18.8 Å². The molecule has 3 heterocycles. The van der Waals surface area contributed by atoms with Crippen LogP contribution >= 0.6 is 0 Å². The van der Waals surface area contributed by atoms with Gasteiger partial charge in [-0.1, -0.05) is 12.1 Å². The molecular weight excluding hydrogens is 322 g/mol. The number of furan rings is 1. The molecule has 1 aromatic carbocycles. The molecule has 1 aromatic heterocycles. The van der Waals surface area contributed by atoms with Crippen molar-refractivity contribution in [2.24, 2.45) is 0 Å². The molecule has 0 spiro atoms. The molecule has 2 aliphatic heterocycles. The molecule has 4 rings (SSSR count). The number of amides is 3. The van der Waals surface area contributed by atoms with Crippen molar-refractivity contribution in [2.45, 2.75) is 24.9 Å². The Labute approximate surface area is 144 Å². The summed E-state index contributed by atoms with van der Waals surface area (Å²) in [5, 5.41) is 5.70. The van der Waals surface area contributed by atoms with Crippen LogP contribution in [0.15, 0.2) is 47.1 Å². The van der Waals surface area contributed by atoms with Crippen molar-refractivity contribution in [1.82, 2.24) is 10.2 Å². The summed E-state index contributed by atoms with van der Waals surface area (Å²) in [5.74, 6) is -0.465. The Morgan fingerprint density at radius 1 is 1.20 bits per heavy atom. The lowest BCUT2D eigenvalue weighted by Crippen LogP contribution is -2.55. The Morgan fingerprint density at radius 2 is 2.04 bits per heavy atom. The number of benzene rings is 1. The molecule has 0 bridgehead atoms. The number of rotatable bonds is 2. The standard InChI is InChI=1S/C18H17N3O4/c22-16-14-10-11(19-17(23)15-6-3-9-25-15)7-8-21(14)18(24)12-4-1-2-5-13(12)20-16/h1-6,9,11,14H,7-8,10H2,(H,19,23)(H,20,22). The monoisotopic (exact) mass is 339 g/mol. The fourth-order valence-electron chi connectivity index (χ4n) is 3.40. The van der Waals surface area contributed by atoms with Gasteiger partial charge in [0.25, 0.3) is 11.8 Å². The molecule has 0 saturated carbocycles. The molecule has 2 aliphatic rings. The third-order valence-electron chi connectivity index (χ3n) is 4.66. The van der Waals surface area contributed by atoms with Crippen molar-refractivity contribution in [1.29, 1.82) is 0 Å². The van der Waals surface area contributed by atoms with Crippen LogP contribution < -0.4 is 10.6 Å². The molecule has 1 fully saturated rings. The van der Waals surface area contributed by atoms with E-state index in [1.165, 1.54) is 6.26 Å². The molecule has 2 N–H and O–H groups in total. The van der Waals surface area contributed by atoms with E-state index in [1.807, 2.05) is 0 Å². The second-order valence-electron chi connectivity index (χ2n) is 6.22. The highest BCUT2D eigenvalue weighted by Gasteiger charge is 2.40. The summed E-state index contributed by atoms with van der Waals surface area (Å²) in [4.78, 5) is 39.1. The SMILES string of the molecule is O=C(NC1CCN2C(=O)c3ccccc3NC(=O)C2C1)c1ccco1. The Balaban J connectivity index is 1.52. The van der Waals surface area contributed by atoms with E-state index in [0.717, 1.165) is 0 Å². The van der Waals surface area contributed by atoms with Crippen LogP contribution in [0.2, 0.25) is 0 Å². The molecule has 7 nitrogen and oxygen atoms in total. The first-order valence-electron chi connectivity index (χ1n) is 8.19. The van der Waals surface area contributed by atoms with Crippen LogP contribution in [0.1, 0.15) is 33.8 Å². The molecule has 2 unspecified atom stereocenters. The number of nitrogens with one attached hydrogen (secondary N) is 2. The minimum atomic E-state index is -0.601. The number of nitrogens with zero attached hydrogens (tertiary/aromatic N) is 1. The van der Waals surface area contributed by atoms with E-state index in [2.05, 4.69) is 10.6 Å². The molecule has 0 aliphatic carbocycles. The first-order chi connectivity index (χ1) is 12.1. The molecule has 7 heteroatoms. The third-order valence-corrected chi connectivity index (χ3v) is 4.66. The topological polar surface area (TPSA) is 91.7 Å². The predicted octanol–water partition coefficient (Wildman–Crippen LogP) is 1.63. The van der Waals surface area contributed by atoms with Crippen molar-refractivity contribution in [3.8, 4) is 0 Å². The number of piperidine rings is 1. The van der Waals surface area contributed by atoms with Gasteiger partial charge in [-0.15, -0.1) is 0 Å². The molecule has 1 saturated heterocycles. The summed E-state index contributed by atoms with van der Waals surface area (Å²) < 4.78 is 5.09. The maximum atomic E-state index is 12.8. The lowest BCUT2D eigenvalue weighted by atomic mass is 9.96. The molecule has 2 aromatic rings. The van der Waals surface area contributed by atoms with Gasteiger partial charge in [0, 0.05) is 12.6 Å². The summed E-state index contributed by atoms with van der Waals surface area (Å²) in [6.45, 7) is 0.411. The average Bonchev–Trinajstić information content (AvgIpc) is 3.13.